The van der Waals surface area contributed by atoms with Crippen molar-refractivity contribution in [1.29, 1.82) is 0 Å². The summed E-state index contributed by atoms with van der Waals surface area (Å²) >= 11 is 1.23. The molecule has 0 spiro atoms. The Morgan fingerprint density at radius 2 is 1.77 bits per heavy atom. The number of ketones is 1. The van der Waals surface area contributed by atoms with E-state index < -0.39 is 33.6 Å². The van der Waals surface area contributed by atoms with Crippen molar-refractivity contribution in [2.75, 3.05) is 5.75 Å². The first-order chi connectivity index (χ1) is 14.3. The summed E-state index contributed by atoms with van der Waals surface area (Å²) in [5.41, 5.74) is 1.27. The number of aliphatic hydroxyl groups excluding tert-OH is 1. The van der Waals surface area contributed by atoms with Gasteiger partial charge in [-0.2, -0.15) is 0 Å². The molecule has 0 saturated heterocycles. The van der Waals surface area contributed by atoms with Gasteiger partial charge in [-0.3, -0.25) is 9.59 Å². The highest BCUT2D eigenvalue weighted by Gasteiger charge is 2.29. The lowest BCUT2D eigenvalue weighted by Gasteiger charge is -2.17. The molecule has 0 radical (unpaired) electrons. The standard InChI is InChI=1S/C21H22N2O5S2/c1-2-15(19(25)21-23-16-10-6-7-11-18(16)29-21)22-20(26)17(24)13-30(27,28)12-14-8-4-3-5-9-14/h3-11,15,17,24H,2,12-13H2,1H3,(H,22,26)/t15?,17-/m0/s1. The van der Waals surface area contributed by atoms with E-state index in [0.29, 0.717) is 11.1 Å². The Balaban J connectivity index is 1.64. The number of nitrogens with zero attached hydrogens (tertiary/aromatic N) is 1. The summed E-state index contributed by atoms with van der Waals surface area (Å²) in [4.78, 5) is 29.4. The van der Waals surface area contributed by atoms with Crippen LogP contribution in [-0.4, -0.2) is 48.1 Å². The van der Waals surface area contributed by atoms with E-state index in [1.165, 1.54) is 11.3 Å². The lowest BCUT2D eigenvalue weighted by Crippen LogP contribution is -2.47. The second-order valence-electron chi connectivity index (χ2n) is 6.88. The van der Waals surface area contributed by atoms with Gasteiger partial charge in [0.05, 0.1) is 27.8 Å². The van der Waals surface area contributed by atoms with Crippen LogP contribution in [0.25, 0.3) is 10.2 Å². The van der Waals surface area contributed by atoms with Crippen molar-refractivity contribution >= 4 is 43.1 Å². The van der Waals surface area contributed by atoms with Crippen LogP contribution in [0.1, 0.15) is 28.7 Å². The van der Waals surface area contributed by atoms with Gasteiger partial charge in [-0.25, -0.2) is 13.4 Å². The Hall–Kier alpha value is -2.62. The molecule has 0 bridgehead atoms. The molecular formula is C21H22N2O5S2. The van der Waals surface area contributed by atoms with Gasteiger partial charge in [-0.05, 0) is 24.1 Å². The van der Waals surface area contributed by atoms with Crippen molar-refractivity contribution < 1.29 is 23.1 Å². The Labute approximate surface area is 178 Å². The molecule has 0 aliphatic carbocycles. The molecule has 0 fully saturated rings. The number of Topliss-reactive ketones (excluding diaryl/α,β-unsaturated/α-hetero) is 1. The van der Waals surface area contributed by atoms with Gasteiger partial charge < -0.3 is 10.4 Å². The molecule has 0 aliphatic heterocycles. The minimum absolute atomic E-state index is 0.259. The normalized spacial score (nSPS) is 13.7. The van der Waals surface area contributed by atoms with Crippen molar-refractivity contribution in [3.8, 4) is 0 Å². The van der Waals surface area contributed by atoms with E-state index in [-0.39, 0.29) is 23.0 Å². The third-order valence-corrected chi connectivity index (χ3v) is 7.14. The average Bonchev–Trinajstić information content (AvgIpc) is 3.15. The number of carbonyl (C=O) groups is 2. The Morgan fingerprint density at radius 3 is 2.43 bits per heavy atom. The van der Waals surface area contributed by atoms with Gasteiger partial charge in [-0.1, -0.05) is 49.4 Å². The molecule has 30 heavy (non-hydrogen) atoms. The number of hydrogen-bond donors (Lipinski definition) is 2. The highest BCUT2D eigenvalue weighted by molar-refractivity contribution is 7.90. The molecule has 3 rings (SSSR count). The number of benzene rings is 2. The number of para-hydroxylation sites is 1. The Kier molecular flexibility index (Phi) is 6.96. The van der Waals surface area contributed by atoms with Crippen LogP contribution in [0.15, 0.2) is 54.6 Å². The van der Waals surface area contributed by atoms with Crippen LogP contribution < -0.4 is 5.32 Å². The summed E-state index contributed by atoms with van der Waals surface area (Å²) in [6.07, 6.45) is -1.49. The number of rotatable bonds is 9. The second-order valence-corrected chi connectivity index (χ2v) is 10.0. The molecule has 7 nitrogen and oxygen atoms in total. The zero-order valence-electron chi connectivity index (χ0n) is 16.3. The van der Waals surface area contributed by atoms with Crippen LogP contribution in [0.5, 0.6) is 0 Å². The van der Waals surface area contributed by atoms with Gasteiger partial charge in [-0.15, -0.1) is 11.3 Å². The van der Waals surface area contributed by atoms with Crippen molar-refractivity contribution in [1.82, 2.24) is 10.3 Å². The highest BCUT2D eigenvalue weighted by atomic mass is 32.2. The van der Waals surface area contributed by atoms with Crippen molar-refractivity contribution in [2.24, 2.45) is 0 Å². The monoisotopic (exact) mass is 446 g/mol. The Bertz CT molecular complexity index is 1110. The van der Waals surface area contributed by atoms with Crippen LogP contribution in [0.3, 0.4) is 0 Å². The number of nitrogens with one attached hydrogen (secondary N) is 1. The van der Waals surface area contributed by atoms with Gasteiger partial charge in [0.15, 0.2) is 14.8 Å². The fourth-order valence-electron chi connectivity index (χ4n) is 2.95. The lowest BCUT2D eigenvalue weighted by atomic mass is 10.1. The quantitative estimate of drug-likeness (QED) is 0.488. The van der Waals surface area contributed by atoms with Crippen molar-refractivity contribution in [2.45, 2.75) is 31.2 Å². The minimum Gasteiger partial charge on any atom is -0.382 e. The van der Waals surface area contributed by atoms with Gasteiger partial charge in [0.2, 0.25) is 11.7 Å². The molecule has 9 heteroatoms. The number of carbonyl (C=O) groups excluding carboxylic acids is 2. The third kappa shape index (κ3) is 5.50. The first kappa shape index (κ1) is 22.1. The molecule has 1 unspecified atom stereocenters. The minimum atomic E-state index is -3.72. The number of thiazole rings is 1. The van der Waals surface area contributed by atoms with E-state index in [2.05, 4.69) is 10.3 Å². The molecule has 0 aliphatic rings. The molecule has 2 aromatic carbocycles. The number of amides is 1. The van der Waals surface area contributed by atoms with E-state index in [1.807, 2.05) is 18.2 Å². The topological polar surface area (TPSA) is 113 Å². The molecule has 1 heterocycles. The summed E-state index contributed by atoms with van der Waals surface area (Å²) in [6.45, 7) is 1.72. The zero-order valence-corrected chi connectivity index (χ0v) is 17.9. The van der Waals surface area contributed by atoms with Crippen LogP contribution >= 0.6 is 11.3 Å². The van der Waals surface area contributed by atoms with Crippen LogP contribution in [0.2, 0.25) is 0 Å². The van der Waals surface area contributed by atoms with Crippen LogP contribution in [-0.2, 0) is 20.4 Å². The molecular weight excluding hydrogens is 424 g/mol. The first-order valence-corrected chi connectivity index (χ1v) is 12.1. The maximum Gasteiger partial charge on any atom is 0.250 e. The molecule has 1 amide bonds. The number of sulfone groups is 1. The molecule has 1 aromatic heterocycles. The summed E-state index contributed by atoms with van der Waals surface area (Å²) in [5.74, 6) is -2.26. The number of aliphatic hydroxyl groups is 1. The first-order valence-electron chi connectivity index (χ1n) is 9.41. The molecule has 2 N–H and O–H groups in total. The van der Waals surface area contributed by atoms with Gasteiger partial charge >= 0.3 is 0 Å². The summed E-state index contributed by atoms with van der Waals surface area (Å²) < 4.78 is 25.5. The zero-order chi connectivity index (χ0) is 21.7. The molecule has 0 saturated carbocycles. The van der Waals surface area contributed by atoms with E-state index >= 15 is 0 Å². The van der Waals surface area contributed by atoms with Crippen LogP contribution in [0, 0.1) is 0 Å². The molecule has 158 valence electrons. The number of hydrogen-bond acceptors (Lipinski definition) is 7. The largest absolute Gasteiger partial charge is 0.382 e. The summed E-state index contributed by atoms with van der Waals surface area (Å²) in [7, 11) is -3.72. The van der Waals surface area contributed by atoms with Crippen LogP contribution in [0.4, 0.5) is 0 Å². The number of fused-ring (bicyclic) bond motifs is 1. The third-order valence-electron chi connectivity index (χ3n) is 4.49. The smallest absolute Gasteiger partial charge is 0.250 e. The fraction of sp³-hybridized carbons (Fsp3) is 0.286. The Morgan fingerprint density at radius 1 is 1.10 bits per heavy atom. The van der Waals surface area contributed by atoms with E-state index in [4.69, 9.17) is 0 Å². The van der Waals surface area contributed by atoms with Gasteiger partial charge in [0.25, 0.3) is 0 Å². The fourth-order valence-corrected chi connectivity index (χ4v) is 5.36. The van der Waals surface area contributed by atoms with E-state index in [9.17, 15) is 23.1 Å². The van der Waals surface area contributed by atoms with Crippen molar-refractivity contribution in [3.05, 3.63) is 65.2 Å². The highest BCUT2D eigenvalue weighted by Crippen LogP contribution is 2.23. The summed E-state index contributed by atoms with van der Waals surface area (Å²) in [5, 5.41) is 12.8. The predicted octanol–water partition coefficient (Wildman–Crippen LogP) is 2.35. The summed E-state index contributed by atoms with van der Waals surface area (Å²) in [6, 6.07) is 14.9. The SMILES string of the molecule is CCC(NC(=O)[C@@H](O)CS(=O)(=O)Cc1ccccc1)C(=O)c1nc2ccccc2s1. The lowest BCUT2D eigenvalue weighted by molar-refractivity contribution is -0.128. The maximum absolute atomic E-state index is 12.8. The predicted molar refractivity (Wildman–Crippen MR) is 116 cm³/mol. The second kappa shape index (κ2) is 9.46. The molecule has 2 atom stereocenters. The van der Waals surface area contributed by atoms with E-state index in [0.717, 1.165) is 4.70 Å². The van der Waals surface area contributed by atoms with Crippen molar-refractivity contribution in [3.63, 3.8) is 0 Å². The number of aromatic nitrogens is 1. The molecule has 3 aromatic rings. The maximum atomic E-state index is 12.8. The van der Waals surface area contributed by atoms with Gasteiger partial charge in [0, 0.05) is 0 Å². The average molecular weight is 447 g/mol. The van der Waals surface area contributed by atoms with Gasteiger partial charge in [0.1, 0.15) is 6.10 Å². The van der Waals surface area contributed by atoms with E-state index in [1.54, 1.807) is 43.3 Å².